The smallest absolute Gasteiger partial charge is 0.251 e. The van der Waals surface area contributed by atoms with E-state index in [0.717, 1.165) is 33.6 Å². The summed E-state index contributed by atoms with van der Waals surface area (Å²) < 4.78 is 1.92. The summed E-state index contributed by atoms with van der Waals surface area (Å²) in [6, 6.07) is 21.2. The minimum absolute atomic E-state index is 0.122. The van der Waals surface area contributed by atoms with Crippen LogP contribution in [0.5, 0.6) is 0 Å². The number of carbonyl (C=O) groups excluding carboxylic acids is 2. The number of anilines is 1. The van der Waals surface area contributed by atoms with Crippen LogP contribution in [0.25, 0.3) is 5.69 Å². The SMILES string of the molecule is Cc1ccc(C)c(NC(=O)CSc2nnc(CNC(=O)c3ccccc3)n2-c2cc(C)ccc2C)c1. The first kappa shape index (κ1) is 25.2. The van der Waals surface area contributed by atoms with Gasteiger partial charge in [-0.1, -0.05) is 54.2 Å². The van der Waals surface area contributed by atoms with Crippen LogP contribution in [0.1, 0.15) is 38.4 Å². The maximum Gasteiger partial charge on any atom is 0.251 e. The first-order valence-corrected chi connectivity index (χ1v) is 12.7. The second kappa shape index (κ2) is 11.2. The number of amides is 2. The molecule has 0 radical (unpaired) electrons. The Kier molecular flexibility index (Phi) is 7.85. The molecule has 0 spiro atoms. The van der Waals surface area contributed by atoms with Crippen molar-refractivity contribution in [2.45, 2.75) is 39.4 Å². The molecule has 4 rings (SSSR count). The van der Waals surface area contributed by atoms with Gasteiger partial charge in [0.15, 0.2) is 11.0 Å². The fourth-order valence-corrected chi connectivity index (χ4v) is 4.51. The van der Waals surface area contributed by atoms with Crippen molar-refractivity contribution in [2.24, 2.45) is 0 Å². The molecule has 36 heavy (non-hydrogen) atoms. The first-order chi connectivity index (χ1) is 17.3. The molecule has 0 saturated heterocycles. The van der Waals surface area contributed by atoms with Gasteiger partial charge in [-0.05, 0) is 74.2 Å². The highest BCUT2D eigenvalue weighted by Gasteiger charge is 2.19. The highest BCUT2D eigenvalue weighted by Crippen LogP contribution is 2.26. The fraction of sp³-hybridized carbons (Fsp3) is 0.214. The van der Waals surface area contributed by atoms with E-state index in [1.165, 1.54) is 11.8 Å². The first-order valence-electron chi connectivity index (χ1n) is 11.7. The number of nitrogens with one attached hydrogen (secondary N) is 2. The normalized spacial score (nSPS) is 10.8. The summed E-state index contributed by atoms with van der Waals surface area (Å²) in [5.41, 5.74) is 6.52. The van der Waals surface area contributed by atoms with Gasteiger partial charge in [-0.3, -0.25) is 14.2 Å². The van der Waals surface area contributed by atoms with Crippen LogP contribution in [0.3, 0.4) is 0 Å². The number of aryl methyl sites for hydroxylation is 4. The lowest BCUT2D eigenvalue weighted by Crippen LogP contribution is -2.24. The number of rotatable bonds is 8. The Balaban J connectivity index is 1.55. The Bertz CT molecular complexity index is 1400. The lowest BCUT2D eigenvalue weighted by molar-refractivity contribution is -0.113. The molecule has 2 N–H and O–H groups in total. The number of nitrogens with zero attached hydrogens (tertiary/aromatic N) is 3. The van der Waals surface area contributed by atoms with Gasteiger partial charge < -0.3 is 10.6 Å². The van der Waals surface area contributed by atoms with Gasteiger partial charge in [-0.2, -0.15) is 0 Å². The molecule has 1 aromatic heterocycles. The van der Waals surface area contributed by atoms with E-state index < -0.39 is 0 Å². The molecule has 2 amide bonds. The van der Waals surface area contributed by atoms with Gasteiger partial charge in [-0.15, -0.1) is 10.2 Å². The summed E-state index contributed by atoms with van der Waals surface area (Å²) in [5.74, 6) is 0.453. The van der Waals surface area contributed by atoms with Gasteiger partial charge in [0, 0.05) is 11.3 Å². The van der Waals surface area contributed by atoms with Crippen molar-refractivity contribution >= 4 is 29.3 Å². The lowest BCUT2D eigenvalue weighted by atomic mass is 10.1. The van der Waals surface area contributed by atoms with Gasteiger partial charge in [0.05, 0.1) is 18.0 Å². The average molecular weight is 500 g/mol. The lowest BCUT2D eigenvalue weighted by Gasteiger charge is -2.14. The number of hydrogen-bond acceptors (Lipinski definition) is 5. The second-order valence-corrected chi connectivity index (χ2v) is 9.67. The monoisotopic (exact) mass is 499 g/mol. The molecule has 8 heteroatoms. The molecule has 0 saturated carbocycles. The van der Waals surface area contributed by atoms with E-state index in [4.69, 9.17) is 0 Å². The summed E-state index contributed by atoms with van der Waals surface area (Å²) in [5, 5.41) is 15.2. The highest BCUT2D eigenvalue weighted by molar-refractivity contribution is 7.99. The van der Waals surface area contributed by atoms with Crippen molar-refractivity contribution in [1.82, 2.24) is 20.1 Å². The zero-order valence-corrected chi connectivity index (χ0v) is 21.6. The summed E-state index contributed by atoms with van der Waals surface area (Å²) in [4.78, 5) is 25.4. The second-order valence-electron chi connectivity index (χ2n) is 8.73. The maximum absolute atomic E-state index is 12.8. The average Bonchev–Trinajstić information content (AvgIpc) is 3.28. The predicted octanol–water partition coefficient (Wildman–Crippen LogP) is 5.16. The molecule has 1 heterocycles. The van der Waals surface area contributed by atoms with Crippen molar-refractivity contribution in [3.8, 4) is 5.69 Å². The van der Waals surface area contributed by atoms with E-state index in [9.17, 15) is 9.59 Å². The van der Waals surface area contributed by atoms with Crippen LogP contribution in [0.2, 0.25) is 0 Å². The van der Waals surface area contributed by atoms with Crippen molar-refractivity contribution in [1.29, 1.82) is 0 Å². The number of thioether (sulfide) groups is 1. The van der Waals surface area contributed by atoms with Crippen LogP contribution in [0, 0.1) is 27.7 Å². The van der Waals surface area contributed by atoms with Crippen molar-refractivity contribution in [2.75, 3.05) is 11.1 Å². The molecule has 184 valence electrons. The van der Waals surface area contributed by atoms with E-state index in [1.54, 1.807) is 12.1 Å². The van der Waals surface area contributed by atoms with Gasteiger partial charge in [0.25, 0.3) is 5.91 Å². The highest BCUT2D eigenvalue weighted by atomic mass is 32.2. The number of carbonyl (C=O) groups is 2. The number of hydrogen-bond donors (Lipinski definition) is 2. The molecule has 0 bridgehead atoms. The minimum atomic E-state index is -0.187. The molecular formula is C28H29N5O2S. The molecule has 0 aliphatic rings. The standard InChI is InChI=1S/C28H29N5O2S/c1-18-10-12-20(3)23(14-18)30-26(34)17-36-28-32-31-25(16-29-27(35)22-8-6-5-7-9-22)33(28)24-15-19(2)11-13-21(24)4/h5-15H,16-17H2,1-4H3,(H,29,35)(H,30,34). The molecular weight excluding hydrogens is 470 g/mol. The van der Waals surface area contributed by atoms with Gasteiger partial charge in [-0.25, -0.2) is 0 Å². The zero-order chi connectivity index (χ0) is 25.7. The third-order valence-electron chi connectivity index (χ3n) is 5.75. The van der Waals surface area contributed by atoms with Crippen LogP contribution >= 0.6 is 11.8 Å². The number of benzene rings is 3. The quantitative estimate of drug-likeness (QED) is 0.327. The van der Waals surface area contributed by atoms with Gasteiger partial charge in [0.2, 0.25) is 5.91 Å². The summed E-state index contributed by atoms with van der Waals surface area (Å²) >= 11 is 1.31. The van der Waals surface area contributed by atoms with Gasteiger partial charge in [0.1, 0.15) is 0 Å². The molecule has 0 aliphatic carbocycles. The van der Waals surface area contributed by atoms with E-state index in [-0.39, 0.29) is 24.1 Å². The van der Waals surface area contributed by atoms with Gasteiger partial charge >= 0.3 is 0 Å². The van der Waals surface area contributed by atoms with Crippen molar-refractivity contribution in [3.63, 3.8) is 0 Å². The van der Waals surface area contributed by atoms with Crippen LogP contribution in [-0.2, 0) is 11.3 Å². The van der Waals surface area contributed by atoms with E-state index >= 15 is 0 Å². The van der Waals surface area contributed by atoms with Crippen LogP contribution in [0.4, 0.5) is 5.69 Å². The van der Waals surface area contributed by atoms with Crippen LogP contribution in [-0.4, -0.2) is 32.3 Å². The fourth-order valence-electron chi connectivity index (χ4n) is 3.75. The van der Waals surface area contributed by atoms with E-state index in [0.29, 0.717) is 16.5 Å². The molecule has 0 unspecified atom stereocenters. The topological polar surface area (TPSA) is 88.9 Å². The molecule has 0 atom stereocenters. The Labute approximate surface area is 215 Å². The maximum atomic E-state index is 12.8. The summed E-state index contributed by atoms with van der Waals surface area (Å²) in [6.07, 6.45) is 0. The largest absolute Gasteiger partial charge is 0.345 e. The summed E-state index contributed by atoms with van der Waals surface area (Å²) in [6.45, 7) is 8.20. The Morgan fingerprint density at radius 3 is 2.31 bits per heavy atom. The van der Waals surface area contributed by atoms with Crippen LogP contribution < -0.4 is 10.6 Å². The van der Waals surface area contributed by atoms with E-state index in [1.807, 2.05) is 80.8 Å². The van der Waals surface area contributed by atoms with Crippen molar-refractivity contribution in [3.05, 3.63) is 100 Å². The predicted molar refractivity (Wildman–Crippen MR) is 144 cm³/mol. The molecule has 3 aromatic carbocycles. The Morgan fingerprint density at radius 1 is 0.861 bits per heavy atom. The molecule has 4 aromatic rings. The Morgan fingerprint density at radius 2 is 1.56 bits per heavy atom. The van der Waals surface area contributed by atoms with E-state index in [2.05, 4.69) is 26.9 Å². The third kappa shape index (κ3) is 6.01. The molecule has 0 aliphatic heterocycles. The minimum Gasteiger partial charge on any atom is -0.345 e. The zero-order valence-electron chi connectivity index (χ0n) is 20.8. The Hall–Kier alpha value is -3.91. The molecule has 7 nitrogen and oxygen atoms in total. The molecule has 0 fully saturated rings. The van der Waals surface area contributed by atoms with Crippen LogP contribution in [0.15, 0.2) is 71.9 Å². The van der Waals surface area contributed by atoms with Crippen molar-refractivity contribution < 1.29 is 9.59 Å². The summed E-state index contributed by atoms with van der Waals surface area (Å²) in [7, 11) is 0. The number of aromatic nitrogens is 3. The third-order valence-corrected chi connectivity index (χ3v) is 6.68.